The number of nitrogens with zero attached hydrogens (tertiary/aromatic N) is 3. The fourth-order valence-corrected chi connectivity index (χ4v) is 3.69. The number of aromatic nitrogens is 2. The SMILES string of the molecule is CCCN(C)c1ccc(C)c(-n2nc(-c3ccccc3)c3ccccc3c2=O)c1. The molecule has 1 aromatic heterocycles. The number of aryl methyl sites for hydroxylation is 1. The van der Waals surface area contributed by atoms with E-state index < -0.39 is 0 Å². The zero-order chi connectivity index (χ0) is 20.4. The van der Waals surface area contributed by atoms with E-state index in [0.29, 0.717) is 5.39 Å². The Kier molecular flexibility index (Phi) is 5.17. The van der Waals surface area contributed by atoms with Gasteiger partial charge < -0.3 is 4.90 Å². The molecule has 0 atom stereocenters. The average molecular weight is 383 g/mol. The van der Waals surface area contributed by atoms with Crippen molar-refractivity contribution in [2.24, 2.45) is 0 Å². The molecule has 0 aliphatic rings. The summed E-state index contributed by atoms with van der Waals surface area (Å²) in [5.74, 6) is 0. The third-order valence-electron chi connectivity index (χ3n) is 5.27. The standard InChI is InChI=1S/C25H25N3O/c1-4-16-27(3)20-15-14-18(2)23(17-20)28-25(29)22-13-9-8-12-21(22)24(26-28)19-10-6-5-7-11-19/h5-15,17H,4,16H2,1-3H3. The van der Waals surface area contributed by atoms with Gasteiger partial charge in [-0.25, -0.2) is 0 Å². The van der Waals surface area contributed by atoms with Gasteiger partial charge in [-0.15, -0.1) is 0 Å². The predicted octanol–water partition coefficient (Wildman–Crippen LogP) is 5.21. The fraction of sp³-hybridized carbons (Fsp3) is 0.200. The molecule has 0 N–H and O–H groups in total. The highest BCUT2D eigenvalue weighted by Crippen LogP contribution is 2.27. The normalized spacial score (nSPS) is 11.0. The van der Waals surface area contributed by atoms with Crippen molar-refractivity contribution in [2.45, 2.75) is 20.3 Å². The van der Waals surface area contributed by atoms with Crippen molar-refractivity contribution in [3.05, 3.63) is 88.7 Å². The molecule has 29 heavy (non-hydrogen) atoms. The van der Waals surface area contributed by atoms with Crippen LogP contribution in [0, 0.1) is 6.92 Å². The maximum absolute atomic E-state index is 13.4. The lowest BCUT2D eigenvalue weighted by Crippen LogP contribution is -2.24. The number of anilines is 1. The van der Waals surface area contributed by atoms with Gasteiger partial charge in [-0.2, -0.15) is 9.78 Å². The largest absolute Gasteiger partial charge is 0.375 e. The molecular formula is C25H25N3O. The molecule has 4 nitrogen and oxygen atoms in total. The second kappa shape index (κ2) is 7.92. The van der Waals surface area contributed by atoms with Crippen LogP contribution in [0.2, 0.25) is 0 Å². The Bertz CT molecular complexity index is 1210. The summed E-state index contributed by atoms with van der Waals surface area (Å²) in [6, 6.07) is 23.9. The quantitative estimate of drug-likeness (QED) is 0.475. The summed E-state index contributed by atoms with van der Waals surface area (Å²) in [5, 5.41) is 6.38. The highest BCUT2D eigenvalue weighted by atomic mass is 16.1. The van der Waals surface area contributed by atoms with Crippen LogP contribution in [0.25, 0.3) is 27.7 Å². The van der Waals surface area contributed by atoms with Gasteiger partial charge in [0.1, 0.15) is 0 Å². The number of fused-ring (bicyclic) bond motifs is 1. The van der Waals surface area contributed by atoms with Gasteiger partial charge in [0.25, 0.3) is 5.56 Å². The molecule has 4 heteroatoms. The third kappa shape index (κ3) is 3.54. The maximum atomic E-state index is 13.4. The Labute approximate surface area is 171 Å². The Morgan fingerprint density at radius 2 is 1.62 bits per heavy atom. The summed E-state index contributed by atoms with van der Waals surface area (Å²) in [5.41, 5.74) is 4.62. The van der Waals surface area contributed by atoms with Crippen LogP contribution in [0.1, 0.15) is 18.9 Å². The first-order valence-corrected chi connectivity index (χ1v) is 10.00. The number of benzene rings is 3. The van der Waals surface area contributed by atoms with Crippen molar-refractivity contribution in [3.8, 4) is 16.9 Å². The summed E-state index contributed by atoms with van der Waals surface area (Å²) < 4.78 is 1.56. The van der Waals surface area contributed by atoms with E-state index >= 15 is 0 Å². The van der Waals surface area contributed by atoms with E-state index in [-0.39, 0.29) is 5.56 Å². The lowest BCUT2D eigenvalue weighted by Gasteiger charge is -2.20. The van der Waals surface area contributed by atoms with Crippen molar-refractivity contribution < 1.29 is 0 Å². The van der Waals surface area contributed by atoms with Gasteiger partial charge in [-0.05, 0) is 37.1 Å². The molecule has 0 aliphatic heterocycles. The zero-order valence-corrected chi connectivity index (χ0v) is 17.1. The van der Waals surface area contributed by atoms with Crippen molar-refractivity contribution >= 4 is 16.5 Å². The first kappa shape index (κ1) is 18.9. The summed E-state index contributed by atoms with van der Waals surface area (Å²) in [4.78, 5) is 15.6. The van der Waals surface area contributed by atoms with Crippen LogP contribution in [-0.4, -0.2) is 23.4 Å². The summed E-state index contributed by atoms with van der Waals surface area (Å²) in [7, 11) is 2.07. The van der Waals surface area contributed by atoms with Gasteiger partial charge in [-0.3, -0.25) is 4.79 Å². The Balaban J connectivity index is 1.99. The molecule has 0 aliphatic carbocycles. The molecule has 0 fully saturated rings. The molecule has 0 unspecified atom stereocenters. The van der Waals surface area contributed by atoms with Gasteiger partial charge >= 0.3 is 0 Å². The van der Waals surface area contributed by atoms with Crippen LogP contribution < -0.4 is 10.5 Å². The highest BCUT2D eigenvalue weighted by molar-refractivity contribution is 5.93. The van der Waals surface area contributed by atoms with E-state index in [1.807, 2.05) is 61.5 Å². The van der Waals surface area contributed by atoms with Gasteiger partial charge in [-0.1, -0.05) is 61.5 Å². The molecule has 146 valence electrons. The molecule has 0 spiro atoms. The molecule has 0 radical (unpaired) electrons. The minimum Gasteiger partial charge on any atom is -0.375 e. The van der Waals surface area contributed by atoms with Crippen LogP contribution in [0.3, 0.4) is 0 Å². The van der Waals surface area contributed by atoms with Gasteiger partial charge in [0, 0.05) is 30.2 Å². The van der Waals surface area contributed by atoms with Crippen molar-refractivity contribution in [2.75, 3.05) is 18.5 Å². The molecule has 0 amide bonds. The maximum Gasteiger partial charge on any atom is 0.279 e. The molecule has 4 rings (SSSR count). The van der Waals surface area contributed by atoms with Crippen molar-refractivity contribution in [3.63, 3.8) is 0 Å². The smallest absolute Gasteiger partial charge is 0.279 e. The first-order chi connectivity index (χ1) is 14.1. The molecule has 1 heterocycles. The van der Waals surface area contributed by atoms with Crippen LogP contribution in [0.5, 0.6) is 0 Å². The van der Waals surface area contributed by atoms with Gasteiger partial charge in [0.15, 0.2) is 0 Å². The van der Waals surface area contributed by atoms with Crippen LogP contribution in [0.15, 0.2) is 77.6 Å². The second-order valence-corrected chi connectivity index (χ2v) is 7.37. The van der Waals surface area contributed by atoms with E-state index in [4.69, 9.17) is 5.10 Å². The zero-order valence-electron chi connectivity index (χ0n) is 17.1. The topological polar surface area (TPSA) is 38.1 Å². The van der Waals surface area contributed by atoms with Crippen molar-refractivity contribution in [1.29, 1.82) is 0 Å². The first-order valence-electron chi connectivity index (χ1n) is 10.00. The van der Waals surface area contributed by atoms with E-state index in [9.17, 15) is 4.79 Å². The molecule has 0 bridgehead atoms. The molecule has 3 aromatic carbocycles. The summed E-state index contributed by atoms with van der Waals surface area (Å²) >= 11 is 0. The molecule has 4 aromatic rings. The van der Waals surface area contributed by atoms with Gasteiger partial charge in [0.2, 0.25) is 0 Å². The van der Waals surface area contributed by atoms with E-state index in [2.05, 4.69) is 37.1 Å². The van der Waals surface area contributed by atoms with E-state index in [1.54, 1.807) is 4.68 Å². The summed E-state index contributed by atoms with van der Waals surface area (Å²) in [6.07, 6.45) is 1.06. The minimum absolute atomic E-state index is 0.0984. The lowest BCUT2D eigenvalue weighted by atomic mass is 10.0. The third-order valence-corrected chi connectivity index (χ3v) is 5.27. The monoisotopic (exact) mass is 383 g/mol. The molecule has 0 saturated heterocycles. The second-order valence-electron chi connectivity index (χ2n) is 7.37. The van der Waals surface area contributed by atoms with Crippen molar-refractivity contribution in [1.82, 2.24) is 9.78 Å². The minimum atomic E-state index is -0.0984. The van der Waals surface area contributed by atoms with Gasteiger partial charge in [0.05, 0.1) is 16.8 Å². The van der Waals surface area contributed by atoms with Crippen LogP contribution >= 0.6 is 0 Å². The number of hydrogen-bond acceptors (Lipinski definition) is 3. The highest BCUT2D eigenvalue weighted by Gasteiger charge is 2.15. The lowest BCUT2D eigenvalue weighted by molar-refractivity contribution is 0.814. The summed E-state index contributed by atoms with van der Waals surface area (Å²) in [6.45, 7) is 5.13. The predicted molar refractivity (Wildman–Crippen MR) is 121 cm³/mol. The fourth-order valence-electron chi connectivity index (χ4n) is 3.69. The Morgan fingerprint density at radius 1 is 0.931 bits per heavy atom. The number of hydrogen-bond donors (Lipinski definition) is 0. The molecule has 0 saturated carbocycles. The van der Waals surface area contributed by atoms with E-state index in [0.717, 1.165) is 46.5 Å². The van der Waals surface area contributed by atoms with Crippen LogP contribution in [0.4, 0.5) is 5.69 Å². The Hall–Kier alpha value is -3.40. The Morgan fingerprint density at radius 3 is 2.34 bits per heavy atom. The molecular weight excluding hydrogens is 358 g/mol. The average Bonchev–Trinajstić information content (AvgIpc) is 2.75. The van der Waals surface area contributed by atoms with E-state index in [1.165, 1.54) is 0 Å². The van der Waals surface area contributed by atoms with Crippen LogP contribution in [-0.2, 0) is 0 Å². The number of rotatable bonds is 5.